The molecule has 0 aliphatic heterocycles. The quantitative estimate of drug-likeness (QED) is 0.586. The van der Waals surface area contributed by atoms with E-state index in [-0.39, 0.29) is 5.56 Å². The number of aromatic nitrogens is 1. The molecule has 1 aromatic rings. The molecule has 0 aromatic carbocycles. The first-order valence-electron chi connectivity index (χ1n) is 3.92. The third-order valence-electron chi connectivity index (χ3n) is 1.51. The lowest BCUT2D eigenvalue weighted by molar-refractivity contribution is -0.605. The fourth-order valence-electron chi connectivity index (χ4n) is 0.847. The van der Waals surface area contributed by atoms with Gasteiger partial charge in [0.2, 0.25) is 0 Å². The normalized spacial score (nSPS) is 11.1. The van der Waals surface area contributed by atoms with Crippen molar-refractivity contribution in [1.82, 2.24) is 5.32 Å². The Morgan fingerprint density at radius 2 is 1.93 bits per heavy atom. The van der Waals surface area contributed by atoms with Crippen LogP contribution >= 0.6 is 0 Å². The van der Waals surface area contributed by atoms with Gasteiger partial charge in [-0.15, -0.1) is 0 Å². The number of nitrogens with zero attached hydrogens (tertiary/aromatic N) is 1. The number of nitrogens with one attached hydrogen (secondary N) is 1. The highest BCUT2D eigenvalue weighted by molar-refractivity contribution is 5.93. The summed E-state index contributed by atoms with van der Waals surface area (Å²) in [5, 5.41) is 12.2. The van der Waals surface area contributed by atoms with E-state index in [1.165, 1.54) is 0 Å². The van der Waals surface area contributed by atoms with Gasteiger partial charge in [-0.25, -0.2) is 0 Å². The van der Waals surface area contributed by atoms with Crippen LogP contribution in [0.15, 0.2) is 24.5 Å². The minimum absolute atomic E-state index is 0.00588. The molecule has 7 heteroatoms. The van der Waals surface area contributed by atoms with E-state index in [0.717, 1.165) is 24.5 Å². The van der Waals surface area contributed by atoms with Crippen molar-refractivity contribution in [1.29, 1.82) is 0 Å². The minimum Gasteiger partial charge on any atom is -0.619 e. The van der Waals surface area contributed by atoms with E-state index in [1.807, 2.05) is 0 Å². The first-order chi connectivity index (χ1) is 6.88. The van der Waals surface area contributed by atoms with Gasteiger partial charge in [-0.2, -0.15) is 17.9 Å². The summed E-state index contributed by atoms with van der Waals surface area (Å²) < 4.78 is 35.6. The summed E-state index contributed by atoms with van der Waals surface area (Å²) in [6.07, 6.45) is -2.38. The monoisotopic (exact) mass is 220 g/mol. The molecule has 1 heterocycles. The molecular weight excluding hydrogens is 213 g/mol. The zero-order valence-corrected chi connectivity index (χ0v) is 7.41. The third-order valence-corrected chi connectivity index (χ3v) is 1.51. The molecular formula is C8H7F3N2O2. The molecule has 15 heavy (non-hydrogen) atoms. The molecule has 82 valence electrons. The summed E-state index contributed by atoms with van der Waals surface area (Å²) in [6, 6.07) is 2.28. The smallest absolute Gasteiger partial charge is 0.405 e. The van der Waals surface area contributed by atoms with E-state index in [2.05, 4.69) is 0 Å². The molecule has 0 saturated carbocycles. The Hall–Kier alpha value is -1.79. The van der Waals surface area contributed by atoms with Crippen LogP contribution in [0.5, 0.6) is 0 Å². The Balaban J connectivity index is 2.58. The van der Waals surface area contributed by atoms with Gasteiger partial charge in [0.25, 0.3) is 5.91 Å². The van der Waals surface area contributed by atoms with Gasteiger partial charge in [0.1, 0.15) is 6.54 Å². The van der Waals surface area contributed by atoms with Crippen LogP contribution in [-0.2, 0) is 0 Å². The van der Waals surface area contributed by atoms with Gasteiger partial charge in [0.05, 0.1) is 5.56 Å². The lowest BCUT2D eigenvalue weighted by Gasteiger charge is -2.07. The van der Waals surface area contributed by atoms with Gasteiger partial charge in [-0.05, 0) is 0 Å². The van der Waals surface area contributed by atoms with Crippen LogP contribution in [0.3, 0.4) is 0 Å². The Labute approximate surface area is 82.9 Å². The lowest BCUT2D eigenvalue weighted by atomic mass is 10.2. The van der Waals surface area contributed by atoms with Crippen LogP contribution in [0.25, 0.3) is 0 Å². The number of carbonyl (C=O) groups excluding carboxylic acids is 1. The number of carbonyl (C=O) groups is 1. The fraction of sp³-hybridized carbons (Fsp3) is 0.250. The number of rotatable bonds is 2. The number of amides is 1. The van der Waals surface area contributed by atoms with Crippen LogP contribution in [0, 0.1) is 5.21 Å². The number of alkyl halides is 3. The molecule has 1 amide bonds. The summed E-state index contributed by atoms with van der Waals surface area (Å²) >= 11 is 0. The largest absolute Gasteiger partial charge is 0.619 e. The molecule has 0 aliphatic rings. The van der Waals surface area contributed by atoms with Crippen molar-refractivity contribution in [2.45, 2.75) is 6.18 Å². The second-order valence-electron chi connectivity index (χ2n) is 2.74. The summed E-state index contributed by atoms with van der Waals surface area (Å²) in [7, 11) is 0. The number of hydrogen-bond donors (Lipinski definition) is 1. The highest BCUT2D eigenvalue weighted by Gasteiger charge is 2.27. The Morgan fingerprint density at radius 3 is 2.40 bits per heavy atom. The standard InChI is InChI=1S/C8H7F3N2O2/c9-8(10,11)5-12-7(14)6-1-3-13(15)4-2-6/h1-4H,5H2,(H,12,14). The molecule has 1 rings (SSSR count). The second kappa shape index (κ2) is 4.16. The highest BCUT2D eigenvalue weighted by atomic mass is 19.4. The van der Waals surface area contributed by atoms with E-state index in [4.69, 9.17) is 0 Å². The fourth-order valence-corrected chi connectivity index (χ4v) is 0.847. The Kier molecular flexibility index (Phi) is 3.13. The van der Waals surface area contributed by atoms with Crippen LogP contribution in [0.1, 0.15) is 10.4 Å². The molecule has 1 aromatic heterocycles. The zero-order valence-electron chi connectivity index (χ0n) is 7.41. The van der Waals surface area contributed by atoms with Gasteiger partial charge in [-0.3, -0.25) is 4.79 Å². The van der Waals surface area contributed by atoms with Crippen molar-refractivity contribution < 1.29 is 22.7 Å². The molecule has 4 nitrogen and oxygen atoms in total. The molecule has 1 N–H and O–H groups in total. The van der Waals surface area contributed by atoms with Gasteiger partial charge in [-0.1, -0.05) is 0 Å². The van der Waals surface area contributed by atoms with Gasteiger partial charge in [0.15, 0.2) is 12.4 Å². The van der Waals surface area contributed by atoms with Crippen molar-refractivity contribution in [3.05, 3.63) is 35.3 Å². The van der Waals surface area contributed by atoms with Crippen molar-refractivity contribution in [2.24, 2.45) is 0 Å². The van der Waals surface area contributed by atoms with Crippen LogP contribution in [0.4, 0.5) is 13.2 Å². The Bertz CT molecular complexity index is 348. The summed E-state index contributed by atoms with van der Waals surface area (Å²) in [5.41, 5.74) is 0.00588. The van der Waals surface area contributed by atoms with Crippen LogP contribution in [-0.4, -0.2) is 18.6 Å². The molecule has 0 saturated heterocycles. The predicted octanol–water partition coefficient (Wildman–Crippen LogP) is 0.612. The SMILES string of the molecule is O=C(NCC(F)(F)F)c1cc[n+]([O-])cc1. The van der Waals surface area contributed by atoms with E-state index in [1.54, 1.807) is 5.32 Å². The minimum atomic E-state index is -4.44. The predicted molar refractivity (Wildman–Crippen MR) is 43.8 cm³/mol. The number of hydrogen-bond acceptors (Lipinski definition) is 2. The second-order valence-corrected chi connectivity index (χ2v) is 2.74. The van der Waals surface area contributed by atoms with Crippen molar-refractivity contribution >= 4 is 5.91 Å². The maximum atomic E-state index is 11.7. The molecule has 0 spiro atoms. The maximum absolute atomic E-state index is 11.7. The van der Waals surface area contributed by atoms with E-state index in [9.17, 15) is 23.2 Å². The molecule has 0 atom stereocenters. The van der Waals surface area contributed by atoms with Gasteiger partial charge in [0, 0.05) is 12.1 Å². The molecule has 0 aliphatic carbocycles. The number of pyridine rings is 1. The molecule has 0 radical (unpaired) electrons. The van der Waals surface area contributed by atoms with Gasteiger partial charge >= 0.3 is 6.18 Å². The van der Waals surface area contributed by atoms with Crippen LogP contribution in [0.2, 0.25) is 0 Å². The summed E-state index contributed by atoms with van der Waals surface area (Å²) in [6.45, 7) is -1.39. The van der Waals surface area contributed by atoms with Crippen molar-refractivity contribution in [3.63, 3.8) is 0 Å². The average molecular weight is 220 g/mol. The summed E-state index contributed by atoms with van der Waals surface area (Å²) in [5.74, 6) is -0.868. The molecule has 0 bridgehead atoms. The first-order valence-corrected chi connectivity index (χ1v) is 3.92. The maximum Gasteiger partial charge on any atom is 0.405 e. The van der Waals surface area contributed by atoms with E-state index < -0.39 is 18.6 Å². The van der Waals surface area contributed by atoms with E-state index in [0.29, 0.717) is 4.73 Å². The summed E-state index contributed by atoms with van der Waals surface area (Å²) in [4.78, 5) is 11.1. The lowest BCUT2D eigenvalue weighted by Crippen LogP contribution is -2.34. The third kappa shape index (κ3) is 3.84. The Morgan fingerprint density at radius 1 is 1.40 bits per heavy atom. The number of halogens is 3. The first kappa shape index (κ1) is 11.3. The average Bonchev–Trinajstić information content (AvgIpc) is 2.14. The zero-order chi connectivity index (χ0) is 11.5. The van der Waals surface area contributed by atoms with Crippen molar-refractivity contribution in [2.75, 3.05) is 6.54 Å². The molecule has 0 unspecified atom stereocenters. The van der Waals surface area contributed by atoms with Gasteiger partial charge < -0.3 is 10.5 Å². The molecule has 0 fully saturated rings. The topological polar surface area (TPSA) is 56.0 Å². The van der Waals surface area contributed by atoms with Crippen LogP contribution < -0.4 is 10.0 Å². The van der Waals surface area contributed by atoms with Crippen molar-refractivity contribution in [3.8, 4) is 0 Å². The van der Waals surface area contributed by atoms with E-state index >= 15 is 0 Å². The highest BCUT2D eigenvalue weighted by Crippen LogP contribution is 2.12.